The minimum atomic E-state index is -0.548. The number of nitrogens with one attached hydrogen (secondary N) is 2. The smallest absolute Gasteiger partial charge is 0.270 e. The normalized spacial score (nSPS) is 10.7. The van der Waals surface area contributed by atoms with Crippen molar-refractivity contribution in [1.29, 1.82) is 0 Å². The van der Waals surface area contributed by atoms with Crippen LogP contribution in [0.1, 0.15) is 17.3 Å². The Hall–Kier alpha value is -3.96. The van der Waals surface area contributed by atoms with E-state index in [4.69, 9.17) is 4.74 Å². The molecule has 2 N–H and O–H groups in total. The molecule has 2 amide bonds. The van der Waals surface area contributed by atoms with Crippen molar-refractivity contribution in [3.63, 3.8) is 0 Å². The number of fused-ring (bicyclic) bond motifs is 1. The van der Waals surface area contributed by atoms with Gasteiger partial charge < -0.3 is 15.4 Å². The number of aromatic nitrogens is 1. The van der Waals surface area contributed by atoms with E-state index in [1.165, 1.54) is 47.4 Å². The lowest BCUT2D eigenvalue weighted by molar-refractivity contribution is -0.384. The predicted molar refractivity (Wildman–Crippen MR) is 138 cm³/mol. The van der Waals surface area contributed by atoms with Crippen molar-refractivity contribution in [2.24, 2.45) is 0 Å². The van der Waals surface area contributed by atoms with Gasteiger partial charge in [0.15, 0.2) is 5.13 Å². The van der Waals surface area contributed by atoms with Crippen LogP contribution >= 0.6 is 23.1 Å². The Bertz CT molecular complexity index is 1390. The van der Waals surface area contributed by atoms with E-state index in [1.807, 2.05) is 25.1 Å². The number of nitrogens with zero attached hydrogens (tertiary/aromatic N) is 2. The molecule has 1 aromatic heterocycles. The van der Waals surface area contributed by atoms with Gasteiger partial charge in [-0.15, -0.1) is 11.8 Å². The second kappa shape index (κ2) is 11.0. The molecule has 0 fully saturated rings. The number of thiazole rings is 1. The topological polar surface area (TPSA) is 123 Å². The molecule has 35 heavy (non-hydrogen) atoms. The van der Waals surface area contributed by atoms with Crippen LogP contribution in [0.3, 0.4) is 0 Å². The van der Waals surface area contributed by atoms with Gasteiger partial charge in [-0.05, 0) is 55.5 Å². The van der Waals surface area contributed by atoms with Gasteiger partial charge in [0, 0.05) is 28.3 Å². The van der Waals surface area contributed by atoms with Gasteiger partial charge in [0.2, 0.25) is 5.91 Å². The lowest BCUT2D eigenvalue weighted by Gasteiger charge is -2.07. The minimum absolute atomic E-state index is 0.149. The number of anilines is 2. The van der Waals surface area contributed by atoms with Crippen LogP contribution in [0.25, 0.3) is 10.2 Å². The number of carbonyl (C=O) groups is 2. The van der Waals surface area contributed by atoms with Crippen LogP contribution in [0.4, 0.5) is 16.5 Å². The first-order valence-corrected chi connectivity index (χ1v) is 12.3. The zero-order valence-corrected chi connectivity index (χ0v) is 20.2. The Morgan fingerprint density at radius 3 is 2.63 bits per heavy atom. The SMILES string of the molecule is CCOc1ccc2nc(NC(=O)CSc3ccc(NC(=O)c4cccc([N+](=O)[O-])c4)cc3)sc2c1. The third-order valence-corrected chi connectivity index (χ3v) is 6.66. The zero-order chi connectivity index (χ0) is 24.8. The fourth-order valence-electron chi connectivity index (χ4n) is 3.12. The summed E-state index contributed by atoms with van der Waals surface area (Å²) in [5.41, 5.74) is 1.38. The first-order chi connectivity index (χ1) is 16.9. The van der Waals surface area contributed by atoms with Crippen LogP contribution in [-0.4, -0.2) is 34.1 Å². The number of non-ortho nitro benzene ring substituents is 1. The molecule has 4 aromatic rings. The van der Waals surface area contributed by atoms with Gasteiger partial charge >= 0.3 is 0 Å². The van der Waals surface area contributed by atoms with Crippen molar-refractivity contribution in [1.82, 2.24) is 4.98 Å². The Labute approximate surface area is 208 Å². The molecule has 3 aromatic carbocycles. The monoisotopic (exact) mass is 508 g/mol. The summed E-state index contributed by atoms with van der Waals surface area (Å²) in [5, 5.41) is 17.0. The Kier molecular flexibility index (Phi) is 7.58. The lowest BCUT2D eigenvalue weighted by atomic mass is 10.2. The number of benzene rings is 3. The molecule has 0 aliphatic carbocycles. The van der Waals surface area contributed by atoms with E-state index in [0.717, 1.165) is 20.9 Å². The van der Waals surface area contributed by atoms with Crippen LogP contribution in [-0.2, 0) is 4.79 Å². The Balaban J connectivity index is 1.30. The van der Waals surface area contributed by atoms with Gasteiger partial charge in [-0.25, -0.2) is 4.98 Å². The highest BCUT2D eigenvalue weighted by atomic mass is 32.2. The number of nitro benzene ring substituents is 1. The number of thioether (sulfide) groups is 1. The van der Waals surface area contributed by atoms with Crippen molar-refractivity contribution < 1.29 is 19.2 Å². The number of amides is 2. The molecule has 0 aliphatic heterocycles. The maximum absolute atomic E-state index is 12.4. The van der Waals surface area contributed by atoms with Crippen LogP contribution in [0, 0.1) is 10.1 Å². The third kappa shape index (κ3) is 6.34. The fraction of sp³-hybridized carbons (Fsp3) is 0.125. The van der Waals surface area contributed by atoms with E-state index in [1.54, 1.807) is 24.3 Å². The average molecular weight is 509 g/mol. The average Bonchev–Trinajstić information content (AvgIpc) is 3.25. The molecule has 1 heterocycles. The molecule has 4 rings (SSSR count). The van der Waals surface area contributed by atoms with E-state index < -0.39 is 10.8 Å². The summed E-state index contributed by atoms with van der Waals surface area (Å²) >= 11 is 2.74. The second-order valence-electron chi connectivity index (χ2n) is 7.20. The summed E-state index contributed by atoms with van der Waals surface area (Å²) in [6.07, 6.45) is 0. The van der Waals surface area contributed by atoms with Gasteiger partial charge in [-0.2, -0.15) is 0 Å². The number of hydrogen-bond donors (Lipinski definition) is 2. The van der Waals surface area contributed by atoms with Crippen LogP contribution in [0.2, 0.25) is 0 Å². The number of nitro groups is 1. The largest absolute Gasteiger partial charge is 0.494 e. The van der Waals surface area contributed by atoms with Gasteiger partial charge in [-0.3, -0.25) is 19.7 Å². The van der Waals surface area contributed by atoms with Gasteiger partial charge in [-0.1, -0.05) is 17.4 Å². The van der Waals surface area contributed by atoms with Gasteiger partial charge in [0.25, 0.3) is 11.6 Å². The number of rotatable bonds is 9. The molecule has 0 saturated carbocycles. The highest BCUT2D eigenvalue weighted by molar-refractivity contribution is 8.00. The second-order valence-corrected chi connectivity index (χ2v) is 9.28. The van der Waals surface area contributed by atoms with E-state index in [9.17, 15) is 19.7 Å². The van der Waals surface area contributed by atoms with Crippen molar-refractivity contribution in [2.75, 3.05) is 23.0 Å². The zero-order valence-electron chi connectivity index (χ0n) is 18.5. The van der Waals surface area contributed by atoms with E-state index >= 15 is 0 Å². The van der Waals surface area contributed by atoms with Gasteiger partial charge in [0.05, 0.1) is 27.5 Å². The number of carbonyl (C=O) groups excluding carboxylic acids is 2. The molecule has 178 valence electrons. The first kappa shape index (κ1) is 24.2. The summed E-state index contributed by atoms with van der Waals surface area (Å²) in [4.78, 5) is 40.4. The molecule has 0 bridgehead atoms. The summed E-state index contributed by atoms with van der Waals surface area (Å²) < 4.78 is 6.43. The highest BCUT2D eigenvalue weighted by Gasteiger charge is 2.12. The lowest BCUT2D eigenvalue weighted by Crippen LogP contribution is -2.13. The van der Waals surface area contributed by atoms with Crippen molar-refractivity contribution in [2.45, 2.75) is 11.8 Å². The molecule has 0 saturated heterocycles. The standard InChI is InChI=1S/C24H20N4O5S2/c1-2-33-18-8-11-20-21(13-18)35-24(26-20)27-22(29)14-34-19-9-6-16(7-10-19)25-23(30)15-4-3-5-17(12-15)28(31)32/h3-13H,2,14H2,1H3,(H,25,30)(H,26,27,29). The summed E-state index contributed by atoms with van der Waals surface area (Å²) in [6.45, 7) is 2.50. The molecular formula is C24H20N4O5S2. The van der Waals surface area contributed by atoms with Crippen LogP contribution < -0.4 is 15.4 Å². The molecule has 9 nitrogen and oxygen atoms in total. The van der Waals surface area contributed by atoms with E-state index in [0.29, 0.717) is 17.4 Å². The van der Waals surface area contributed by atoms with E-state index in [2.05, 4.69) is 15.6 Å². The van der Waals surface area contributed by atoms with Crippen molar-refractivity contribution in [3.05, 3.63) is 82.4 Å². The van der Waals surface area contributed by atoms with Crippen molar-refractivity contribution in [3.8, 4) is 5.75 Å². The summed E-state index contributed by atoms with van der Waals surface area (Å²) in [6, 6.07) is 18.1. The maximum atomic E-state index is 12.4. The first-order valence-electron chi connectivity index (χ1n) is 10.5. The minimum Gasteiger partial charge on any atom is -0.494 e. The fourth-order valence-corrected chi connectivity index (χ4v) is 4.73. The van der Waals surface area contributed by atoms with Crippen LogP contribution in [0.15, 0.2) is 71.6 Å². The van der Waals surface area contributed by atoms with Crippen LogP contribution in [0.5, 0.6) is 5.75 Å². The molecule has 0 spiro atoms. The molecule has 0 aliphatic rings. The Morgan fingerprint density at radius 1 is 1.09 bits per heavy atom. The third-order valence-electron chi connectivity index (χ3n) is 4.72. The number of ether oxygens (including phenoxy) is 1. The van der Waals surface area contributed by atoms with Gasteiger partial charge in [0.1, 0.15) is 5.75 Å². The van der Waals surface area contributed by atoms with Crippen molar-refractivity contribution >= 4 is 61.6 Å². The molecule has 11 heteroatoms. The molecule has 0 unspecified atom stereocenters. The quantitative estimate of drug-likeness (QED) is 0.172. The molecule has 0 radical (unpaired) electrons. The van der Waals surface area contributed by atoms with E-state index in [-0.39, 0.29) is 22.9 Å². The molecule has 0 atom stereocenters. The summed E-state index contributed by atoms with van der Waals surface area (Å²) in [7, 11) is 0. The predicted octanol–water partition coefficient (Wildman–Crippen LogP) is 5.59. The maximum Gasteiger partial charge on any atom is 0.270 e. The highest BCUT2D eigenvalue weighted by Crippen LogP contribution is 2.29. The number of hydrogen-bond acceptors (Lipinski definition) is 8. The Morgan fingerprint density at radius 2 is 1.89 bits per heavy atom. The summed E-state index contributed by atoms with van der Waals surface area (Å²) in [5.74, 6) is 0.334. The molecular weight excluding hydrogens is 488 g/mol.